The first-order chi connectivity index (χ1) is 9.10. The molecule has 5 heteroatoms. The molecule has 0 bridgehead atoms. The van der Waals surface area contributed by atoms with Crippen molar-refractivity contribution in [1.82, 2.24) is 10.1 Å². The monoisotopic (exact) mass is 261 g/mol. The molecule has 2 aromatic rings. The van der Waals surface area contributed by atoms with Gasteiger partial charge < -0.3 is 15.0 Å². The lowest BCUT2D eigenvalue weighted by Gasteiger charge is -2.04. The average Bonchev–Trinajstić information content (AvgIpc) is 2.83. The molecule has 2 rings (SSSR count). The number of nitrogens with two attached hydrogens (primary N) is 1. The van der Waals surface area contributed by atoms with E-state index in [4.69, 9.17) is 15.0 Å². The molecule has 0 saturated heterocycles. The first kappa shape index (κ1) is 13.7. The highest BCUT2D eigenvalue weighted by Gasteiger charge is 2.14. The predicted octanol–water partition coefficient (Wildman–Crippen LogP) is 1.92. The van der Waals surface area contributed by atoms with Crippen molar-refractivity contribution in [3.05, 3.63) is 46.6 Å². The van der Waals surface area contributed by atoms with E-state index in [1.54, 1.807) is 7.11 Å². The van der Waals surface area contributed by atoms with Gasteiger partial charge in [-0.25, -0.2) is 0 Å². The Kier molecular flexibility index (Phi) is 4.29. The second kappa shape index (κ2) is 5.95. The maximum atomic E-state index is 5.86. The number of benzene rings is 1. The van der Waals surface area contributed by atoms with Gasteiger partial charge in [0.15, 0.2) is 5.82 Å². The number of nitrogens with zero attached hydrogens (tertiary/aromatic N) is 2. The van der Waals surface area contributed by atoms with Crippen LogP contribution in [0.1, 0.15) is 34.4 Å². The van der Waals surface area contributed by atoms with Gasteiger partial charge in [-0.15, -0.1) is 0 Å². The van der Waals surface area contributed by atoms with Crippen LogP contribution in [0, 0.1) is 13.8 Å². The molecule has 19 heavy (non-hydrogen) atoms. The van der Waals surface area contributed by atoms with Crippen molar-refractivity contribution in [3.8, 4) is 0 Å². The minimum absolute atomic E-state index is 0.346. The minimum Gasteiger partial charge on any atom is -0.383 e. The van der Waals surface area contributed by atoms with Gasteiger partial charge in [0.1, 0.15) is 0 Å². The summed E-state index contributed by atoms with van der Waals surface area (Å²) in [5, 5.41) is 3.89. The number of aromatic nitrogens is 2. The fraction of sp³-hybridized carbons (Fsp3) is 0.429. The molecule has 0 fully saturated rings. The molecule has 1 atom stereocenters. The Balaban J connectivity index is 2.13. The molecule has 0 amide bonds. The minimum atomic E-state index is -0.346. The highest BCUT2D eigenvalue weighted by Crippen LogP contribution is 2.16. The zero-order valence-corrected chi connectivity index (χ0v) is 11.5. The summed E-state index contributed by atoms with van der Waals surface area (Å²) in [7, 11) is 1.59. The Morgan fingerprint density at radius 1 is 1.37 bits per heavy atom. The van der Waals surface area contributed by atoms with Crippen molar-refractivity contribution in [2.75, 3.05) is 13.7 Å². The van der Waals surface area contributed by atoms with Crippen LogP contribution in [0.4, 0.5) is 0 Å². The average molecular weight is 261 g/mol. The van der Waals surface area contributed by atoms with Crippen molar-refractivity contribution >= 4 is 0 Å². The molecule has 1 aromatic carbocycles. The van der Waals surface area contributed by atoms with E-state index in [9.17, 15) is 0 Å². The van der Waals surface area contributed by atoms with Gasteiger partial charge in [0.05, 0.1) is 19.1 Å². The SMILES string of the molecule is COCC(N)c1noc(Cc2cc(C)ccc2C)n1. The Labute approximate surface area is 112 Å². The van der Waals surface area contributed by atoms with E-state index in [-0.39, 0.29) is 6.04 Å². The van der Waals surface area contributed by atoms with Crippen LogP contribution in [0.5, 0.6) is 0 Å². The second-order valence-electron chi connectivity index (χ2n) is 4.71. The van der Waals surface area contributed by atoms with Gasteiger partial charge in [-0.1, -0.05) is 28.9 Å². The molecular weight excluding hydrogens is 242 g/mol. The lowest BCUT2D eigenvalue weighted by molar-refractivity contribution is 0.177. The van der Waals surface area contributed by atoms with Crippen LogP contribution in [0.3, 0.4) is 0 Å². The zero-order valence-electron chi connectivity index (χ0n) is 11.5. The van der Waals surface area contributed by atoms with E-state index in [1.807, 2.05) is 0 Å². The van der Waals surface area contributed by atoms with Crippen molar-refractivity contribution in [2.24, 2.45) is 5.73 Å². The number of hydrogen-bond acceptors (Lipinski definition) is 5. The summed E-state index contributed by atoms with van der Waals surface area (Å²) in [5.41, 5.74) is 9.48. The lowest BCUT2D eigenvalue weighted by Crippen LogP contribution is -2.17. The van der Waals surface area contributed by atoms with Crippen molar-refractivity contribution < 1.29 is 9.26 Å². The fourth-order valence-electron chi connectivity index (χ4n) is 1.90. The summed E-state index contributed by atoms with van der Waals surface area (Å²) in [6.45, 7) is 4.52. The van der Waals surface area contributed by atoms with Crippen molar-refractivity contribution in [1.29, 1.82) is 0 Å². The summed E-state index contributed by atoms with van der Waals surface area (Å²) in [4.78, 5) is 4.31. The van der Waals surface area contributed by atoms with E-state index in [2.05, 4.69) is 42.2 Å². The molecule has 0 aliphatic carbocycles. The van der Waals surface area contributed by atoms with Crippen LogP contribution in [0.15, 0.2) is 22.7 Å². The third-order valence-corrected chi connectivity index (χ3v) is 3.01. The van der Waals surface area contributed by atoms with Gasteiger partial charge in [-0.2, -0.15) is 4.98 Å². The number of aryl methyl sites for hydroxylation is 2. The summed E-state index contributed by atoms with van der Waals surface area (Å²) < 4.78 is 10.2. The standard InChI is InChI=1S/C14H19N3O2/c1-9-4-5-10(2)11(6-9)7-13-16-14(17-19-13)12(15)8-18-3/h4-6,12H,7-8,15H2,1-3H3. The van der Waals surface area contributed by atoms with Crippen LogP contribution in [0.2, 0.25) is 0 Å². The summed E-state index contributed by atoms with van der Waals surface area (Å²) in [5.74, 6) is 1.07. The molecule has 2 N–H and O–H groups in total. The van der Waals surface area contributed by atoms with Gasteiger partial charge in [0, 0.05) is 7.11 Å². The van der Waals surface area contributed by atoms with Gasteiger partial charge in [-0.3, -0.25) is 0 Å². The zero-order chi connectivity index (χ0) is 13.8. The summed E-state index contributed by atoms with van der Waals surface area (Å²) in [6.07, 6.45) is 0.625. The third-order valence-electron chi connectivity index (χ3n) is 3.01. The van der Waals surface area contributed by atoms with E-state index in [1.165, 1.54) is 16.7 Å². The van der Waals surface area contributed by atoms with Crippen LogP contribution >= 0.6 is 0 Å². The molecular formula is C14H19N3O2. The molecule has 0 aliphatic heterocycles. The van der Waals surface area contributed by atoms with E-state index in [0.29, 0.717) is 24.7 Å². The fourth-order valence-corrected chi connectivity index (χ4v) is 1.90. The van der Waals surface area contributed by atoms with Crippen LogP contribution in [-0.4, -0.2) is 23.9 Å². The van der Waals surface area contributed by atoms with Gasteiger partial charge in [-0.05, 0) is 25.0 Å². The Hall–Kier alpha value is -1.72. The maximum absolute atomic E-state index is 5.86. The molecule has 102 valence electrons. The van der Waals surface area contributed by atoms with Gasteiger partial charge >= 0.3 is 0 Å². The normalized spacial score (nSPS) is 12.6. The molecule has 0 saturated carbocycles. The Morgan fingerprint density at radius 3 is 2.89 bits per heavy atom. The van der Waals surface area contributed by atoms with Crippen molar-refractivity contribution in [3.63, 3.8) is 0 Å². The Morgan fingerprint density at radius 2 is 2.16 bits per heavy atom. The lowest BCUT2D eigenvalue weighted by atomic mass is 10.0. The van der Waals surface area contributed by atoms with Crippen LogP contribution < -0.4 is 5.73 Å². The number of methoxy groups -OCH3 is 1. The summed E-state index contributed by atoms with van der Waals surface area (Å²) >= 11 is 0. The third kappa shape index (κ3) is 3.39. The van der Waals surface area contributed by atoms with Crippen LogP contribution in [0.25, 0.3) is 0 Å². The molecule has 0 aliphatic rings. The quantitative estimate of drug-likeness (QED) is 0.890. The van der Waals surface area contributed by atoms with Crippen molar-refractivity contribution in [2.45, 2.75) is 26.3 Å². The maximum Gasteiger partial charge on any atom is 0.231 e. The van der Waals surface area contributed by atoms with E-state index in [0.717, 1.165) is 0 Å². The Bertz CT molecular complexity index is 551. The predicted molar refractivity (Wildman–Crippen MR) is 71.8 cm³/mol. The molecule has 1 unspecified atom stereocenters. The molecule has 0 radical (unpaired) electrons. The molecule has 5 nitrogen and oxygen atoms in total. The topological polar surface area (TPSA) is 74.2 Å². The van der Waals surface area contributed by atoms with Gasteiger partial charge in [0.2, 0.25) is 5.89 Å². The first-order valence-electron chi connectivity index (χ1n) is 6.23. The van der Waals surface area contributed by atoms with Gasteiger partial charge in [0.25, 0.3) is 0 Å². The summed E-state index contributed by atoms with van der Waals surface area (Å²) in [6, 6.07) is 5.97. The number of hydrogen-bond donors (Lipinski definition) is 1. The molecule has 1 heterocycles. The highest BCUT2D eigenvalue weighted by molar-refractivity contribution is 5.32. The molecule has 0 spiro atoms. The first-order valence-corrected chi connectivity index (χ1v) is 6.23. The van der Waals surface area contributed by atoms with Crippen LogP contribution in [-0.2, 0) is 11.2 Å². The van der Waals surface area contributed by atoms with E-state index >= 15 is 0 Å². The molecule has 1 aromatic heterocycles. The largest absolute Gasteiger partial charge is 0.383 e. The number of ether oxygens (including phenoxy) is 1. The smallest absolute Gasteiger partial charge is 0.231 e. The highest BCUT2D eigenvalue weighted by atomic mass is 16.5. The second-order valence-corrected chi connectivity index (χ2v) is 4.71. The number of rotatable bonds is 5. The van der Waals surface area contributed by atoms with E-state index < -0.39 is 0 Å².